The molecule has 146 valence electrons. The fourth-order valence-corrected chi connectivity index (χ4v) is 4.17. The highest BCUT2D eigenvalue weighted by Gasteiger charge is 2.22. The molecule has 1 N–H and O–H groups in total. The number of hydrogen-bond donors (Lipinski definition) is 1. The molecular formula is C21H29N3O2S. The Labute approximate surface area is 165 Å². The van der Waals surface area contributed by atoms with E-state index < -0.39 is 0 Å². The van der Waals surface area contributed by atoms with Crippen LogP contribution in [-0.4, -0.2) is 62.3 Å². The maximum absolute atomic E-state index is 12.9. The molecule has 2 aromatic rings. The third kappa shape index (κ3) is 5.54. The van der Waals surface area contributed by atoms with Gasteiger partial charge in [0.15, 0.2) is 0 Å². The van der Waals surface area contributed by atoms with E-state index in [0.29, 0.717) is 13.1 Å². The van der Waals surface area contributed by atoms with Crippen molar-refractivity contribution >= 4 is 23.1 Å². The van der Waals surface area contributed by atoms with Crippen LogP contribution in [0.5, 0.6) is 0 Å². The van der Waals surface area contributed by atoms with Crippen LogP contribution in [0.15, 0.2) is 35.7 Å². The Hall–Kier alpha value is -1.89. The molecule has 1 aromatic heterocycles. The lowest BCUT2D eigenvalue weighted by molar-refractivity contribution is 0.0820. The Morgan fingerprint density at radius 2 is 2.15 bits per heavy atom. The normalized spacial score (nSPS) is 16.7. The second kappa shape index (κ2) is 9.35. The van der Waals surface area contributed by atoms with Gasteiger partial charge in [-0.15, -0.1) is 11.3 Å². The molecule has 1 fully saturated rings. The number of likely N-dealkylation sites (N-methyl/N-ethyl adjacent to an activating group) is 1. The van der Waals surface area contributed by atoms with Crippen molar-refractivity contribution in [1.82, 2.24) is 9.80 Å². The highest BCUT2D eigenvalue weighted by atomic mass is 32.1. The van der Waals surface area contributed by atoms with E-state index in [0.717, 1.165) is 37.2 Å². The molecule has 0 radical (unpaired) electrons. The Balaban J connectivity index is 1.69. The standard InChI is InChI=1S/C21H29N3O2S/c1-16-9-13-27-20(16)17-6-4-7-18(14-17)22-21(25)24(11-10-23(2)3)15-19-8-5-12-26-19/h4,6-7,9,13-14,19H,5,8,10-12,15H2,1-3H3,(H,22,25). The third-order valence-corrected chi connectivity index (χ3v) is 5.86. The molecule has 0 spiro atoms. The highest BCUT2D eigenvalue weighted by Crippen LogP contribution is 2.30. The van der Waals surface area contributed by atoms with Crippen LogP contribution in [0.4, 0.5) is 10.5 Å². The lowest BCUT2D eigenvalue weighted by Gasteiger charge is -2.27. The molecule has 1 aliphatic heterocycles. The highest BCUT2D eigenvalue weighted by molar-refractivity contribution is 7.13. The molecule has 1 atom stereocenters. The van der Waals surface area contributed by atoms with E-state index in [9.17, 15) is 4.79 Å². The number of carbonyl (C=O) groups is 1. The number of hydrogen-bond acceptors (Lipinski definition) is 4. The van der Waals surface area contributed by atoms with Crippen molar-refractivity contribution < 1.29 is 9.53 Å². The van der Waals surface area contributed by atoms with Gasteiger partial charge in [0, 0.05) is 36.8 Å². The van der Waals surface area contributed by atoms with Crippen molar-refractivity contribution in [3.05, 3.63) is 41.3 Å². The molecule has 0 aliphatic carbocycles. The van der Waals surface area contributed by atoms with Crippen molar-refractivity contribution in [2.75, 3.05) is 45.7 Å². The van der Waals surface area contributed by atoms with E-state index in [1.807, 2.05) is 37.2 Å². The summed E-state index contributed by atoms with van der Waals surface area (Å²) in [5.41, 5.74) is 3.22. The minimum Gasteiger partial charge on any atom is -0.376 e. The lowest BCUT2D eigenvalue weighted by atomic mass is 10.1. The van der Waals surface area contributed by atoms with Crippen LogP contribution in [0.2, 0.25) is 0 Å². The zero-order valence-corrected chi connectivity index (χ0v) is 17.2. The molecular weight excluding hydrogens is 358 g/mol. The Morgan fingerprint density at radius 1 is 1.30 bits per heavy atom. The Morgan fingerprint density at radius 3 is 2.81 bits per heavy atom. The van der Waals surface area contributed by atoms with Gasteiger partial charge in [0.2, 0.25) is 0 Å². The Bertz CT molecular complexity index is 753. The summed E-state index contributed by atoms with van der Waals surface area (Å²) in [4.78, 5) is 18.1. The van der Waals surface area contributed by atoms with Gasteiger partial charge >= 0.3 is 6.03 Å². The number of anilines is 1. The summed E-state index contributed by atoms with van der Waals surface area (Å²) in [7, 11) is 4.05. The zero-order chi connectivity index (χ0) is 19.2. The number of nitrogens with zero attached hydrogens (tertiary/aromatic N) is 2. The van der Waals surface area contributed by atoms with Gasteiger partial charge in [0.25, 0.3) is 0 Å². The number of rotatable bonds is 7. The van der Waals surface area contributed by atoms with Gasteiger partial charge in [-0.3, -0.25) is 0 Å². The molecule has 1 aliphatic rings. The summed E-state index contributed by atoms with van der Waals surface area (Å²) in [6, 6.07) is 10.1. The molecule has 0 bridgehead atoms. The maximum Gasteiger partial charge on any atom is 0.321 e. The van der Waals surface area contributed by atoms with Crippen LogP contribution in [0, 0.1) is 6.92 Å². The number of ether oxygens (including phenoxy) is 1. The van der Waals surface area contributed by atoms with Crippen molar-refractivity contribution in [2.24, 2.45) is 0 Å². The lowest BCUT2D eigenvalue weighted by Crippen LogP contribution is -2.43. The average Bonchev–Trinajstić information content (AvgIpc) is 3.30. The minimum absolute atomic E-state index is 0.0626. The largest absolute Gasteiger partial charge is 0.376 e. The zero-order valence-electron chi connectivity index (χ0n) is 16.4. The van der Waals surface area contributed by atoms with Crippen LogP contribution in [0.25, 0.3) is 10.4 Å². The smallest absolute Gasteiger partial charge is 0.321 e. The third-order valence-electron chi connectivity index (χ3n) is 4.79. The van der Waals surface area contributed by atoms with Gasteiger partial charge in [0.05, 0.1) is 6.10 Å². The topological polar surface area (TPSA) is 44.8 Å². The number of thiophene rings is 1. The summed E-state index contributed by atoms with van der Waals surface area (Å²) in [5.74, 6) is 0. The first-order chi connectivity index (χ1) is 13.0. The molecule has 2 amide bonds. The van der Waals surface area contributed by atoms with E-state index in [1.54, 1.807) is 11.3 Å². The molecule has 1 saturated heterocycles. The first kappa shape index (κ1) is 19.9. The number of benzene rings is 1. The van der Waals surface area contributed by atoms with E-state index in [1.165, 1.54) is 10.4 Å². The van der Waals surface area contributed by atoms with Crippen molar-refractivity contribution in [3.8, 4) is 10.4 Å². The fourth-order valence-electron chi connectivity index (χ4n) is 3.24. The second-order valence-electron chi connectivity index (χ2n) is 7.33. The van der Waals surface area contributed by atoms with E-state index >= 15 is 0 Å². The fraction of sp³-hybridized carbons (Fsp3) is 0.476. The SMILES string of the molecule is Cc1ccsc1-c1cccc(NC(=O)N(CCN(C)C)CC2CCCO2)c1. The van der Waals surface area contributed by atoms with Crippen LogP contribution < -0.4 is 5.32 Å². The molecule has 1 aromatic carbocycles. The summed E-state index contributed by atoms with van der Waals surface area (Å²) in [6.45, 7) is 5.07. The van der Waals surface area contributed by atoms with E-state index in [-0.39, 0.29) is 12.1 Å². The van der Waals surface area contributed by atoms with Crippen LogP contribution in [0.3, 0.4) is 0 Å². The van der Waals surface area contributed by atoms with Crippen LogP contribution in [0.1, 0.15) is 18.4 Å². The van der Waals surface area contributed by atoms with Crippen molar-refractivity contribution in [3.63, 3.8) is 0 Å². The Kier molecular flexibility index (Phi) is 6.88. The molecule has 5 nitrogen and oxygen atoms in total. The predicted molar refractivity (Wildman–Crippen MR) is 113 cm³/mol. The van der Waals surface area contributed by atoms with Crippen molar-refractivity contribution in [1.29, 1.82) is 0 Å². The monoisotopic (exact) mass is 387 g/mol. The van der Waals surface area contributed by atoms with Gasteiger partial charge in [-0.25, -0.2) is 4.79 Å². The summed E-state index contributed by atoms with van der Waals surface area (Å²) < 4.78 is 5.74. The molecule has 27 heavy (non-hydrogen) atoms. The number of carbonyl (C=O) groups excluding carboxylic acids is 1. The van der Waals surface area contributed by atoms with Crippen LogP contribution in [-0.2, 0) is 4.74 Å². The molecule has 0 saturated carbocycles. The van der Waals surface area contributed by atoms with Gasteiger partial charge in [0.1, 0.15) is 0 Å². The van der Waals surface area contributed by atoms with Crippen molar-refractivity contribution in [2.45, 2.75) is 25.9 Å². The summed E-state index contributed by atoms with van der Waals surface area (Å²) >= 11 is 1.72. The number of aryl methyl sites for hydroxylation is 1. The number of amides is 2. The average molecular weight is 388 g/mol. The maximum atomic E-state index is 12.9. The number of nitrogens with one attached hydrogen (secondary N) is 1. The summed E-state index contributed by atoms with van der Waals surface area (Å²) in [6.07, 6.45) is 2.26. The van der Waals surface area contributed by atoms with E-state index in [4.69, 9.17) is 4.74 Å². The minimum atomic E-state index is -0.0626. The van der Waals surface area contributed by atoms with Gasteiger partial charge in [-0.05, 0) is 68.6 Å². The first-order valence-electron chi connectivity index (χ1n) is 9.49. The van der Waals surface area contributed by atoms with E-state index in [2.05, 4.69) is 34.7 Å². The van der Waals surface area contributed by atoms with Crippen LogP contribution >= 0.6 is 11.3 Å². The van der Waals surface area contributed by atoms with Gasteiger partial charge in [-0.2, -0.15) is 0 Å². The molecule has 6 heteroatoms. The molecule has 2 heterocycles. The molecule has 3 rings (SSSR count). The number of urea groups is 1. The molecule has 1 unspecified atom stereocenters. The second-order valence-corrected chi connectivity index (χ2v) is 8.24. The summed E-state index contributed by atoms with van der Waals surface area (Å²) in [5, 5.41) is 5.18. The predicted octanol–water partition coefficient (Wildman–Crippen LogP) is 4.30. The first-order valence-corrected chi connectivity index (χ1v) is 10.4. The quantitative estimate of drug-likeness (QED) is 0.770. The van der Waals surface area contributed by atoms with Gasteiger partial charge < -0.3 is 19.9 Å². The van der Waals surface area contributed by atoms with Gasteiger partial charge in [-0.1, -0.05) is 12.1 Å².